The molecule has 0 unspecified atom stereocenters. The summed E-state index contributed by atoms with van der Waals surface area (Å²) in [5, 5.41) is 0.598. The van der Waals surface area contributed by atoms with Gasteiger partial charge >= 0.3 is 5.97 Å². The van der Waals surface area contributed by atoms with Crippen LogP contribution in [-0.2, 0) is 4.79 Å². The van der Waals surface area contributed by atoms with Crippen molar-refractivity contribution in [3.8, 4) is 11.4 Å². The van der Waals surface area contributed by atoms with E-state index in [1.807, 2.05) is 35.6 Å². The fraction of sp³-hybridized carbons (Fsp3) is 0.0952. The monoisotopic (exact) mass is 374 g/mol. The molecule has 6 nitrogen and oxygen atoms in total. The number of para-hydroxylation sites is 2. The van der Waals surface area contributed by atoms with Crippen molar-refractivity contribution in [2.45, 2.75) is 13.8 Å². The fourth-order valence-electron chi connectivity index (χ4n) is 3.57. The van der Waals surface area contributed by atoms with Gasteiger partial charge in [-0.2, -0.15) is 0 Å². The van der Waals surface area contributed by atoms with Gasteiger partial charge in [0.2, 0.25) is 0 Å². The van der Waals surface area contributed by atoms with E-state index in [0.29, 0.717) is 28.1 Å². The fourth-order valence-corrected chi connectivity index (χ4v) is 3.57. The summed E-state index contributed by atoms with van der Waals surface area (Å²) in [4.78, 5) is 21.2. The number of hydrogen-bond donors (Lipinski definition) is 0. The molecule has 0 aliphatic rings. The number of imidazole rings is 1. The van der Waals surface area contributed by atoms with Crippen molar-refractivity contribution in [2.75, 3.05) is 0 Å². The predicted molar refractivity (Wildman–Crippen MR) is 103 cm³/mol. The molecule has 0 aliphatic heterocycles. The lowest BCUT2D eigenvalue weighted by Gasteiger charge is -2.07. The Labute approximate surface area is 158 Å². The van der Waals surface area contributed by atoms with Crippen LogP contribution in [0, 0.1) is 12.7 Å². The molecule has 0 fully saturated rings. The topological polar surface area (TPSA) is 61.4 Å². The van der Waals surface area contributed by atoms with E-state index in [4.69, 9.17) is 14.7 Å². The van der Waals surface area contributed by atoms with Gasteiger partial charge in [-0.1, -0.05) is 18.2 Å². The molecule has 0 radical (unpaired) electrons. The molecular formula is C21H15FN4O2. The number of nitrogens with zero attached hydrogens (tertiary/aromatic N) is 4. The van der Waals surface area contributed by atoms with Crippen LogP contribution in [-0.4, -0.2) is 24.9 Å². The van der Waals surface area contributed by atoms with Crippen LogP contribution in [0.4, 0.5) is 4.39 Å². The average molecular weight is 374 g/mol. The van der Waals surface area contributed by atoms with Crippen LogP contribution in [0.2, 0.25) is 0 Å². The second kappa shape index (κ2) is 5.88. The van der Waals surface area contributed by atoms with Crippen LogP contribution in [0.25, 0.3) is 33.4 Å². The molecule has 0 saturated heterocycles. The minimum absolute atomic E-state index is 0.333. The highest BCUT2D eigenvalue weighted by atomic mass is 19.1. The molecule has 0 amide bonds. The van der Waals surface area contributed by atoms with Crippen molar-refractivity contribution >= 4 is 33.7 Å². The third-order valence-electron chi connectivity index (χ3n) is 4.66. The Balaban J connectivity index is 1.95. The molecule has 5 rings (SSSR count). The Morgan fingerprint density at radius 3 is 2.68 bits per heavy atom. The number of ether oxygens (including phenoxy) is 1. The first-order chi connectivity index (χ1) is 13.5. The predicted octanol–water partition coefficient (Wildman–Crippen LogP) is 4.20. The number of aryl methyl sites for hydroxylation is 1. The van der Waals surface area contributed by atoms with E-state index in [-0.39, 0.29) is 5.82 Å². The summed E-state index contributed by atoms with van der Waals surface area (Å²) in [6, 6.07) is 13.9. The Morgan fingerprint density at radius 1 is 1.07 bits per heavy atom. The van der Waals surface area contributed by atoms with E-state index in [2.05, 4.69) is 0 Å². The quantitative estimate of drug-likeness (QED) is 0.435. The van der Waals surface area contributed by atoms with Gasteiger partial charge in [0.1, 0.15) is 17.0 Å². The van der Waals surface area contributed by atoms with Gasteiger partial charge in [-0.15, -0.1) is 0 Å². The number of carbonyl (C=O) groups excluding carboxylic acids is 1. The van der Waals surface area contributed by atoms with Crippen molar-refractivity contribution in [3.05, 3.63) is 66.4 Å². The van der Waals surface area contributed by atoms with Crippen LogP contribution in [0.5, 0.6) is 5.75 Å². The summed E-state index contributed by atoms with van der Waals surface area (Å²) in [5.74, 6) is 0.242. The summed E-state index contributed by atoms with van der Waals surface area (Å²) >= 11 is 0. The zero-order chi connectivity index (χ0) is 19.4. The van der Waals surface area contributed by atoms with Gasteiger partial charge in [-0.3, -0.25) is 13.8 Å². The first-order valence-corrected chi connectivity index (χ1v) is 8.76. The summed E-state index contributed by atoms with van der Waals surface area (Å²) in [6.45, 7) is 3.22. The van der Waals surface area contributed by atoms with E-state index in [9.17, 15) is 9.18 Å². The lowest BCUT2D eigenvalue weighted by atomic mass is 10.3. The average Bonchev–Trinajstić information content (AvgIpc) is 3.20. The first kappa shape index (κ1) is 16.4. The summed E-state index contributed by atoms with van der Waals surface area (Å²) < 4.78 is 22.9. The molecule has 0 aliphatic carbocycles. The SMILES string of the molecule is CC(=O)Oc1cn(-c2cccc(F)c2)c2nc(C)n3c4ccccc4nc3c12. The van der Waals surface area contributed by atoms with E-state index < -0.39 is 5.97 Å². The Hall–Kier alpha value is -3.74. The van der Waals surface area contributed by atoms with E-state index in [1.165, 1.54) is 19.1 Å². The second-order valence-electron chi connectivity index (χ2n) is 6.55. The maximum atomic E-state index is 13.8. The normalized spacial score (nSPS) is 11.5. The van der Waals surface area contributed by atoms with Crippen LogP contribution >= 0.6 is 0 Å². The van der Waals surface area contributed by atoms with Gasteiger partial charge in [0.25, 0.3) is 0 Å². The largest absolute Gasteiger partial charge is 0.424 e. The minimum Gasteiger partial charge on any atom is -0.424 e. The third kappa shape index (κ3) is 2.36. The number of benzene rings is 2. The lowest BCUT2D eigenvalue weighted by Crippen LogP contribution is -2.02. The molecule has 5 aromatic rings. The van der Waals surface area contributed by atoms with Gasteiger partial charge in [-0.05, 0) is 37.3 Å². The molecule has 3 aromatic heterocycles. The van der Waals surface area contributed by atoms with E-state index >= 15 is 0 Å². The summed E-state index contributed by atoms with van der Waals surface area (Å²) in [5.41, 5.74) is 3.48. The van der Waals surface area contributed by atoms with Crippen molar-refractivity contribution in [3.63, 3.8) is 0 Å². The van der Waals surface area contributed by atoms with Gasteiger partial charge in [0.05, 0.1) is 22.9 Å². The molecule has 28 heavy (non-hydrogen) atoms. The van der Waals surface area contributed by atoms with Crippen LogP contribution in [0.1, 0.15) is 12.7 Å². The minimum atomic E-state index is -0.451. The van der Waals surface area contributed by atoms with E-state index in [1.54, 1.807) is 22.9 Å². The molecule has 3 heterocycles. The Morgan fingerprint density at radius 2 is 1.89 bits per heavy atom. The molecular weight excluding hydrogens is 359 g/mol. The molecule has 0 spiro atoms. The number of esters is 1. The number of carbonyl (C=O) groups is 1. The Kier molecular flexibility index (Phi) is 3.45. The molecule has 138 valence electrons. The van der Waals surface area contributed by atoms with Crippen molar-refractivity contribution in [1.29, 1.82) is 0 Å². The first-order valence-electron chi connectivity index (χ1n) is 8.76. The smallest absolute Gasteiger partial charge is 0.308 e. The summed E-state index contributed by atoms with van der Waals surface area (Å²) in [7, 11) is 0. The van der Waals surface area contributed by atoms with Crippen LogP contribution in [0.3, 0.4) is 0 Å². The summed E-state index contributed by atoms with van der Waals surface area (Å²) in [6.07, 6.45) is 1.65. The van der Waals surface area contributed by atoms with E-state index in [0.717, 1.165) is 16.9 Å². The maximum Gasteiger partial charge on any atom is 0.308 e. The number of aromatic nitrogens is 4. The zero-order valence-corrected chi connectivity index (χ0v) is 15.2. The molecule has 0 atom stereocenters. The van der Waals surface area contributed by atoms with Gasteiger partial charge < -0.3 is 4.74 Å². The lowest BCUT2D eigenvalue weighted by molar-refractivity contribution is -0.131. The molecule has 0 saturated carbocycles. The molecule has 0 bridgehead atoms. The molecule has 0 N–H and O–H groups in total. The number of halogens is 1. The highest BCUT2D eigenvalue weighted by molar-refractivity contribution is 6.01. The van der Waals surface area contributed by atoms with Crippen molar-refractivity contribution in [2.24, 2.45) is 0 Å². The second-order valence-corrected chi connectivity index (χ2v) is 6.55. The number of fused-ring (bicyclic) bond motifs is 5. The van der Waals surface area contributed by atoms with Gasteiger partial charge in [0.15, 0.2) is 17.0 Å². The maximum absolute atomic E-state index is 13.8. The van der Waals surface area contributed by atoms with Crippen molar-refractivity contribution < 1.29 is 13.9 Å². The highest BCUT2D eigenvalue weighted by Crippen LogP contribution is 2.35. The Bertz CT molecular complexity index is 1400. The number of rotatable bonds is 2. The standard InChI is InChI=1S/C21H15FN4O2/c1-12-23-20-19(21-24-16-8-3-4-9-17(16)26(12)21)18(28-13(2)27)11-25(20)15-7-5-6-14(22)10-15/h3-11H,1-2H3. The third-order valence-corrected chi connectivity index (χ3v) is 4.66. The van der Waals surface area contributed by atoms with Gasteiger partial charge in [-0.25, -0.2) is 14.4 Å². The highest BCUT2D eigenvalue weighted by Gasteiger charge is 2.21. The molecule has 7 heteroatoms. The van der Waals surface area contributed by atoms with Gasteiger partial charge in [0, 0.05) is 6.92 Å². The van der Waals surface area contributed by atoms with Crippen LogP contribution < -0.4 is 4.74 Å². The van der Waals surface area contributed by atoms with Crippen molar-refractivity contribution in [1.82, 2.24) is 18.9 Å². The zero-order valence-electron chi connectivity index (χ0n) is 15.2. The van der Waals surface area contributed by atoms with Crippen LogP contribution in [0.15, 0.2) is 54.7 Å². The number of hydrogen-bond acceptors (Lipinski definition) is 4. The molecule has 2 aromatic carbocycles.